The summed E-state index contributed by atoms with van der Waals surface area (Å²) in [6.45, 7) is -1.94. The van der Waals surface area contributed by atoms with Gasteiger partial charge < -0.3 is 9.15 Å². The number of rotatable bonds is 7. The predicted octanol–water partition coefficient (Wildman–Crippen LogP) is 3.65. The molecule has 0 fully saturated rings. The second-order valence-corrected chi connectivity index (χ2v) is 6.54. The molecule has 3 rings (SSSR count). The number of nitrogens with zero attached hydrogens (tertiary/aromatic N) is 1. The number of halogens is 3. The van der Waals surface area contributed by atoms with E-state index >= 15 is 0 Å². The topological polar surface area (TPSA) is 92.0 Å². The Morgan fingerprint density at radius 3 is 2.56 bits per heavy atom. The molecule has 0 atom stereocenters. The summed E-state index contributed by atoms with van der Waals surface area (Å²) >= 11 is 0. The number of anilines is 1. The van der Waals surface area contributed by atoms with Crippen molar-refractivity contribution >= 4 is 29.2 Å². The van der Waals surface area contributed by atoms with Gasteiger partial charge in [-0.3, -0.25) is 19.7 Å². The molecule has 166 valence electrons. The highest BCUT2D eigenvalue weighted by Gasteiger charge is 2.28. The molecule has 0 saturated carbocycles. The lowest BCUT2D eigenvalue weighted by atomic mass is 10.1. The minimum Gasteiger partial charge on any atom is -0.440 e. The number of hydrogen-bond acceptors (Lipinski definition) is 5. The summed E-state index contributed by atoms with van der Waals surface area (Å²) in [5.41, 5.74) is 3.00. The Kier molecular flexibility index (Phi) is 7.14. The molecule has 0 aliphatic rings. The highest BCUT2D eigenvalue weighted by atomic mass is 19.4. The van der Waals surface area contributed by atoms with Crippen LogP contribution in [0, 0.1) is 11.8 Å². The van der Waals surface area contributed by atoms with Crippen LogP contribution in [-0.2, 0) is 16.1 Å². The molecular formula is C22H17F3N2O5. The van der Waals surface area contributed by atoms with Crippen molar-refractivity contribution < 1.29 is 37.1 Å². The monoisotopic (exact) mass is 446 g/mol. The number of hydroxylamine groups is 1. The summed E-state index contributed by atoms with van der Waals surface area (Å²) in [7, 11) is 0. The molecule has 2 aromatic carbocycles. The first-order valence-corrected chi connectivity index (χ1v) is 9.22. The van der Waals surface area contributed by atoms with Crippen molar-refractivity contribution in [1.82, 2.24) is 5.48 Å². The van der Waals surface area contributed by atoms with Gasteiger partial charge in [-0.1, -0.05) is 30.0 Å². The maximum absolute atomic E-state index is 12.5. The molecule has 0 radical (unpaired) electrons. The molecule has 1 aromatic heterocycles. The van der Waals surface area contributed by atoms with Crippen LogP contribution < -0.4 is 10.4 Å². The Morgan fingerprint density at radius 2 is 1.91 bits per heavy atom. The third-order valence-corrected chi connectivity index (χ3v) is 4.31. The number of ether oxygens (including phenoxy) is 1. The Hall–Kier alpha value is -3.81. The van der Waals surface area contributed by atoms with Gasteiger partial charge in [-0.15, -0.1) is 0 Å². The summed E-state index contributed by atoms with van der Waals surface area (Å²) < 4.78 is 47.9. The summed E-state index contributed by atoms with van der Waals surface area (Å²) in [5, 5.41) is 9.15. The van der Waals surface area contributed by atoms with Gasteiger partial charge in [0.25, 0.3) is 5.91 Å². The van der Waals surface area contributed by atoms with Gasteiger partial charge in [-0.2, -0.15) is 13.2 Å². The lowest BCUT2D eigenvalue weighted by Crippen LogP contribution is -2.22. The van der Waals surface area contributed by atoms with E-state index in [-0.39, 0.29) is 18.0 Å². The zero-order valence-corrected chi connectivity index (χ0v) is 16.5. The molecule has 0 bridgehead atoms. The van der Waals surface area contributed by atoms with Crippen LogP contribution in [0.2, 0.25) is 0 Å². The maximum atomic E-state index is 12.5. The molecule has 10 heteroatoms. The lowest BCUT2D eigenvalue weighted by molar-refractivity contribution is -0.176. The Bertz CT molecular complexity index is 1160. The van der Waals surface area contributed by atoms with Crippen LogP contribution in [0.25, 0.3) is 11.0 Å². The van der Waals surface area contributed by atoms with Crippen molar-refractivity contribution in [3.05, 3.63) is 65.2 Å². The van der Waals surface area contributed by atoms with Crippen LogP contribution in [0.1, 0.15) is 21.5 Å². The van der Waals surface area contributed by atoms with Gasteiger partial charge in [-0.25, -0.2) is 5.48 Å². The highest BCUT2D eigenvalue weighted by molar-refractivity contribution is 5.93. The van der Waals surface area contributed by atoms with Gasteiger partial charge in [0.15, 0.2) is 0 Å². The standard InChI is InChI=1S/C22H17F3N2O5/c23-22(24,25)13-31-12-18-17-5-1-2-6-19(17)32-21(18)27(14-28)11-3-4-15-7-9-16(10-8-15)20(29)26-30/h1-2,5-10,14,30H,11-13H2,(H,26,29). The number of fused-ring (bicyclic) bond motifs is 1. The highest BCUT2D eigenvalue weighted by Crippen LogP contribution is 2.33. The number of carbonyl (C=O) groups is 2. The normalized spacial score (nSPS) is 11.0. The molecule has 32 heavy (non-hydrogen) atoms. The summed E-state index contributed by atoms with van der Waals surface area (Å²) in [6, 6.07) is 12.7. The van der Waals surface area contributed by atoms with Crippen LogP contribution in [0.15, 0.2) is 52.9 Å². The SMILES string of the molecule is O=CN(CC#Cc1ccc(C(=O)NO)cc1)c1oc2ccccc2c1COCC(F)(F)F. The van der Waals surface area contributed by atoms with Gasteiger partial charge in [0.2, 0.25) is 12.3 Å². The van der Waals surface area contributed by atoms with Crippen molar-refractivity contribution in [2.45, 2.75) is 12.8 Å². The van der Waals surface area contributed by atoms with Crippen molar-refractivity contribution in [3.63, 3.8) is 0 Å². The largest absolute Gasteiger partial charge is 0.440 e. The van der Waals surface area contributed by atoms with Gasteiger partial charge in [-0.05, 0) is 30.3 Å². The van der Waals surface area contributed by atoms with E-state index in [1.807, 2.05) is 0 Å². The van der Waals surface area contributed by atoms with E-state index in [4.69, 9.17) is 14.4 Å². The van der Waals surface area contributed by atoms with Gasteiger partial charge >= 0.3 is 6.18 Å². The lowest BCUT2D eigenvalue weighted by Gasteiger charge is -2.14. The number of benzene rings is 2. The molecule has 0 aliphatic carbocycles. The Balaban J connectivity index is 1.80. The van der Waals surface area contributed by atoms with Crippen LogP contribution in [-0.4, -0.2) is 36.9 Å². The first-order chi connectivity index (χ1) is 15.3. The average Bonchev–Trinajstić information content (AvgIpc) is 3.14. The molecule has 3 aromatic rings. The number of carbonyl (C=O) groups excluding carboxylic acids is 2. The molecular weight excluding hydrogens is 429 g/mol. The predicted molar refractivity (Wildman–Crippen MR) is 108 cm³/mol. The van der Waals surface area contributed by atoms with Crippen LogP contribution in [0.4, 0.5) is 19.1 Å². The number of alkyl halides is 3. The second kappa shape index (κ2) is 10.00. The zero-order valence-electron chi connectivity index (χ0n) is 16.5. The van der Waals surface area contributed by atoms with Crippen LogP contribution >= 0.6 is 0 Å². The number of nitrogens with one attached hydrogen (secondary N) is 1. The van der Waals surface area contributed by atoms with E-state index in [1.165, 1.54) is 17.6 Å². The second-order valence-electron chi connectivity index (χ2n) is 6.54. The summed E-state index contributed by atoms with van der Waals surface area (Å²) in [5.74, 6) is 4.98. The fourth-order valence-corrected chi connectivity index (χ4v) is 2.88. The molecule has 0 unspecified atom stereocenters. The molecule has 7 nitrogen and oxygen atoms in total. The fourth-order valence-electron chi connectivity index (χ4n) is 2.88. The van der Waals surface area contributed by atoms with E-state index in [9.17, 15) is 22.8 Å². The quantitative estimate of drug-likeness (QED) is 0.250. The minimum absolute atomic E-state index is 0.0487. The third kappa shape index (κ3) is 5.66. The average molecular weight is 446 g/mol. The Labute approximate surface area is 180 Å². The van der Waals surface area contributed by atoms with Crippen molar-refractivity contribution in [2.24, 2.45) is 0 Å². The minimum atomic E-state index is -4.48. The van der Waals surface area contributed by atoms with Gasteiger partial charge in [0.1, 0.15) is 12.2 Å². The molecule has 0 aliphatic heterocycles. The summed E-state index contributed by atoms with van der Waals surface area (Å²) in [4.78, 5) is 24.1. The molecule has 2 amide bonds. The van der Waals surface area contributed by atoms with Crippen molar-refractivity contribution in [3.8, 4) is 11.8 Å². The smallest absolute Gasteiger partial charge is 0.411 e. The molecule has 1 heterocycles. The van der Waals surface area contributed by atoms with E-state index in [0.29, 0.717) is 28.5 Å². The number of amides is 2. The number of furan rings is 1. The zero-order chi connectivity index (χ0) is 23.1. The van der Waals surface area contributed by atoms with Gasteiger partial charge in [0, 0.05) is 22.1 Å². The molecule has 0 spiro atoms. The molecule has 0 saturated heterocycles. The Morgan fingerprint density at radius 1 is 1.19 bits per heavy atom. The molecule has 2 N–H and O–H groups in total. The van der Waals surface area contributed by atoms with Crippen molar-refractivity contribution in [1.29, 1.82) is 0 Å². The van der Waals surface area contributed by atoms with Crippen LogP contribution in [0.3, 0.4) is 0 Å². The maximum Gasteiger partial charge on any atom is 0.411 e. The van der Waals surface area contributed by atoms with Crippen molar-refractivity contribution in [2.75, 3.05) is 18.1 Å². The fraction of sp³-hybridized carbons (Fsp3) is 0.182. The number of para-hydroxylation sites is 1. The van der Waals surface area contributed by atoms with E-state index in [2.05, 4.69) is 11.8 Å². The van der Waals surface area contributed by atoms with E-state index in [1.54, 1.807) is 36.4 Å². The van der Waals surface area contributed by atoms with Crippen LogP contribution in [0.5, 0.6) is 0 Å². The number of hydrogen-bond donors (Lipinski definition) is 2. The summed E-state index contributed by atoms with van der Waals surface area (Å²) in [6.07, 6.45) is -4.02. The third-order valence-electron chi connectivity index (χ3n) is 4.31. The first kappa shape index (κ1) is 22.9. The first-order valence-electron chi connectivity index (χ1n) is 9.22. The van der Waals surface area contributed by atoms with E-state index in [0.717, 1.165) is 4.90 Å². The van der Waals surface area contributed by atoms with Gasteiger partial charge in [0.05, 0.1) is 13.2 Å². The van der Waals surface area contributed by atoms with E-state index < -0.39 is 25.3 Å².